The Bertz CT molecular complexity index is 372. The summed E-state index contributed by atoms with van der Waals surface area (Å²) < 4.78 is 13.8. The van der Waals surface area contributed by atoms with E-state index in [2.05, 4.69) is 0 Å². The highest BCUT2D eigenvalue weighted by Gasteiger charge is 2.19. The highest BCUT2D eigenvalue weighted by Crippen LogP contribution is 2.37. The van der Waals surface area contributed by atoms with Gasteiger partial charge in [-0.1, -0.05) is 25.3 Å². The van der Waals surface area contributed by atoms with Gasteiger partial charge in [-0.15, -0.1) is 11.8 Å². The number of hydrogen-bond donors (Lipinski definition) is 1. The van der Waals surface area contributed by atoms with E-state index in [0.29, 0.717) is 10.8 Å². The summed E-state index contributed by atoms with van der Waals surface area (Å²) in [5.41, 5.74) is 6.55. The van der Waals surface area contributed by atoms with E-state index in [1.165, 1.54) is 38.2 Å². The summed E-state index contributed by atoms with van der Waals surface area (Å²) in [6.07, 6.45) is 6.46. The molecule has 1 fully saturated rings. The molecular formula is C14H20FNS. The lowest BCUT2D eigenvalue weighted by atomic mass is 10.0. The van der Waals surface area contributed by atoms with Gasteiger partial charge in [-0.2, -0.15) is 0 Å². The number of thioether (sulfide) groups is 1. The van der Waals surface area contributed by atoms with Crippen molar-refractivity contribution in [2.45, 2.75) is 55.2 Å². The van der Waals surface area contributed by atoms with Crippen molar-refractivity contribution in [3.05, 3.63) is 29.6 Å². The Morgan fingerprint density at radius 1 is 1.29 bits per heavy atom. The van der Waals surface area contributed by atoms with Crippen molar-refractivity contribution in [1.29, 1.82) is 0 Å². The Balaban J connectivity index is 2.16. The van der Waals surface area contributed by atoms with Crippen LogP contribution in [0.15, 0.2) is 23.1 Å². The van der Waals surface area contributed by atoms with Gasteiger partial charge in [0.2, 0.25) is 0 Å². The smallest absolute Gasteiger partial charge is 0.129 e. The van der Waals surface area contributed by atoms with Crippen molar-refractivity contribution in [3.8, 4) is 0 Å². The Labute approximate surface area is 107 Å². The lowest BCUT2D eigenvalue weighted by Gasteiger charge is -2.23. The Morgan fingerprint density at radius 2 is 2.00 bits per heavy atom. The molecule has 0 aromatic heterocycles. The third-order valence-corrected chi connectivity index (χ3v) is 4.73. The van der Waals surface area contributed by atoms with Crippen LogP contribution < -0.4 is 5.73 Å². The quantitative estimate of drug-likeness (QED) is 0.870. The molecule has 2 N–H and O–H groups in total. The molecule has 17 heavy (non-hydrogen) atoms. The fraction of sp³-hybridized carbons (Fsp3) is 0.571. The molecule has 1 aromatic carbocycles. The molecular weight excluding hydrogens is 233 g/mol. The van der Waals surface area contributed by atoms with Gasteiger partial charge in [0.1, 0.15) is 5.82 Å². The zero-order chi connectivity index (χ0) is 12.3. The molecule has 1 nitrogen and oxygen atoms in total. The van der Waals surface area contributed by atoms with Gasteiger partial charge in [-0.3, -0.25) is 0 Å². The summed E-state index contributed by atoms with van der Waals surface area (Å²) in [6.45, 7) is 1.85. The summed E-state index contributed by atoms with van der Waals surface area (Å²) in [6, 6.07) is 5.05. The van der Waals surface area contributed by atoms with Gasteiger partial charge in [-0.05, 0) is 31.9 Å². The summed E-state index contributed by atoms with van der Waals surface area (Å²) in [7, 11) is 0. The van der Waals surface area contributed by atoms with E-state index in [1.54, 1.807) is 6.07 Å². The Kier molecular flexibility index (Phi) is 4.46. The molecule has 3 heteroatoms. The van der Waals surface area contributed by atoms with Crippen molar-refractivity contribution in [2.24, 2.45) is 5.73 Å². The van der Waals surface area contributed by atoms with Gasteiger partial charge < -0.3 is 5.73 Å². The van der Waals surface area contributed by atoms with Crippen LogP contribution in [0.1, 0.15) is 50.6 Å². The third-order valence-electron chi connectivity index (χ3n) is 3.31. The van der Waals surface area contributed by atoms with Crippen LogP contribution in [-0.2, 0) is 0 Å². The zero-order valence-corrected chi connectivity index (χ0v) is 11.1. The number of rotatable bonds is 3. The maximum absolute atomic E-state index is 13.8. The molecule has 0 spiro atoms. The van der Waals surface area contributed by atoms with Crippen LogP contribution in [0.5, 0.6) is 0 Å². The Hall–Kier alpha value is -0.540. The van der Waals surface area contributed by atoms with E-state index >= 15 is 0 Å². The minimum Gasteiger partial charge on any atom is -0.324 e. The minimum absolute atomic E-state index is 0.166. The monoisotopic (exact) mass is 253 g/mol. The summed E-state index contributed by atoms with van der Waals surface area (Å²) in [5, 5.41) is 0.642. The van der Waals surface area contributed by atoms with Crippen molar-refractivity contribution < 1.29 is 4.39 Å². The first kappa shape index (κ1) is 12.9. The van der Waals surface area contributed by atoms with Gasteiger partial charge in [0.25, 0.3) is 0 Å². The van der Waals surface area contributed by atoms with E-state index in [1.807, 2.05) is 24.8 Å². The van der Waals surface area contributed by atoms with Gasteiger partial charge in [0.05, 0.1) is 0 Å². The number of halogens is 1. The summed E-state index contributed by atoms with van der Waals surface area (Å²) >= 11 is 1.81. The molecule has 0 heterocycles. The number of hydrogen-bond acceptors (Lipinski definition) is 2. The van der Waals surface area contributed by atoms with E-state index in [-0.39, 0.29) is 11.9 Å². The molecule has 1 aliphatic carbocycles. The van der Waals surface area contributed by atoms with E-state index in [0.717, 1.165) is 4.90 Å². The molecule has 0 aliphatic heterocycles. The zero-order valence-electron chi connectivity index (χ0n) is 10.3. The van der Waals surface area contributed by atoms with Gasteiger partial charge >= 0.3 is 0 Å². The van der Waals surface area contributed by atoms with Crippen molar-refractivity contribution in [1.82, 2.24) is 0 Å². The number of benzene rings is 1. The van der Waals surface area contributed by atoms with Crippen molar-refractivity contribution in [3.63, 3.8) is 0 Å². The van der Waals surface area contributed by atoms with Crippen LogP contribution in [0.4, 0.5) is 4.39 Å². The van der Waals surface area contributed by atoms with Gasteiger partial charge in [-0.25, -0.2) is 4.39 Å². The highest BCUT2D eigenvalue weighted by atomic mass is 32.2. The first-order chi connectivity index (χ1) is 8.18. The molecule has 0 unspecified atom stereocenters. The van der Waals surface area contributed by atoms with Crippen LogP contribution in [-0.4, -0.2) is 5.25 Å². The lowest BCUT2D eigenvalue weighted by Crippen LogP contribution is -2.12. The van der Waals surface area contributed by atoms with Crippen molar-refractivity contribution >= 4 is 11.8 Å². The van der Waals surface area contributed by atoms with Crippen LogP contribution in [0.3, 0.4) is 0 Å². The van der Waals surface area contributed by atoms with Gasteiger partial charge in [0.15, 0.2) is 0 Å². The molecule has 94 valence electrons. The largest absolute Gasteiger partial charge is 0.324 e. The second kappa shape index (κ2) is 5.87. The second-order valence-electron chi connectivity index (χ2n) is 4.82. The van der Waals surface area contributed by atoms with Crippen molar-refractivity contribution in [2.75, 3.05) is 0 Å². The normalized spacial score (nSPS) is 19.2. The maximum Gasteiger partial charge on any atom is 0.129 e. The standard InChI is InChI=1S/C14H20FNS/c1-10(16)14-12(15)8-5-9-13(14)17-11-6-3-2-4-7-11/h5,8-11H,2-4,6-7,16H2,1H3/t10-/m0/s1. The predicted octanol–water partition coefficient (Wildman–Crippen LogP) is 4.27. The molecule has 0 radical (unpaired) electrons. The van der Waals surface area contributed by atoms with Crippen LogP contribution in [0.2, 0.25) is 0 Å². The Morgan fingerprint density at radius 3 is 2.65 bits per heavy atom. The van der Waals surface area contributed by atoms with E-state index in [4.69, 9.17) is 5.73 Å². The molecule has 2 rings (SSSR count). The molecule has 0 amide bonds. The average molecular weight is 253 g/mol. The highest BCUT2D eigenvalue weighted by molar-refractivity contribution is 8.00. The fourth-order valence-electron chi connectivity index (χ4n) is 2.42. The summed E-state index contributed by atoms with van der Waals surface area (Å²) in [4.78, 5) is 1.03. The topological polar surface area (TPSA) is 26.0 Å². The summed E-state index contributed by atoms with van der Waals surface area (Å²) in [5.74, 6) is -0.166. The first-order valence-electron chi connectivity index (χ1n) is 6.39. The predicted molar refractivity (Wildman–Crippen MR) is 71.7 cm³/mol. The average Bonchev–Trinajstić information content (AvgIpc) is 2.30. The fourth-order valence-corrected chi connectivity index (χ4v) is 3.92. The first-order valence-corrected chi connectivity index (χ1v) is 7.27. The van der Waals surface area contributed by atoms with Crippen LogP contribution in [0, 0.1) is 5.82 Å². The molecule has 1 atom stereocenters. The van der Waals surface area contributed by atoms with Crippen LogP contribution in [0.25, 0.3) is 0 Å². The molecule has 1 saturated carbocycles. The molecule has 0 saturated heterocycles. The lowest BCUT2D eigenvalue weighted by molar-refractivity contribution is 0.515. The maximum atomic E-state index is 13.8. The van der Waals surface area contributed by atoms with E-state index in [9.17, 15) is 4.39 Å². The number of nitrogens with two attached hydrogens (primary N) is 1. The SMILES string of the molecule is C[C@H](N)c1c(F)cccc1SC1CCCCC1. The van der Waals surface area contributed by atoms with Crippen LogP contribution >= 0.6 is 11.8 Å². The third kappa shape index (κ3) is 3.23. The molecule has 0 bridgehead atoms. The van der Waals surface area contributed by atoms with E-state index < -0.39 is 0 Å². The molecule has 1 aromatic rings. The minimum atomic E-state index is -0.234. The molecule has 1 aliphatic rings. The second-order valence-corrected chi connectivity index (χ2v) is 6.16. The van der Waals surface area contributed by atoms with Gasteiger partial charge in [0, 0.05) is 21.8 Å².